The lowest BCUT2D eigenvalue weighted by molar-refractivity contribution is -0.120. The Bertz CT molecular complexity index is 415. The smallest absolute Gasteiger partial charge is 0.233 e. The van der Waals surface area contributed by atoms with Crippen LogP contribution in [0.2, 0.25) is 0 Å². The fourth-order valence-corrected chi connectivity index (χ4v) is 2.22. The largest absolute Gasteiger partial charge is 0.352 e. The molecule has 1 heterocycles. The molecule has 2 rings (SSSR count). The lowest BCUT2D eigenvalue weighted by Gasteiger charge is -2.10. The molecule has 0 spiro atoms. The van der Waals surface area contributed by atoms with Gasteiger partial charge in [-0.1, -0.05) is 17.8 Å². The topological polar surface area (TPSA) is 72.7 Å². The van der Waals surface area contributed by atoms with E-state index in [-0.39, 0.29) is 11.2 Å². The Morgan fingerprint density at radius 2 is 2.53 bits per heavy atom. The molecule has 1 atom stereocenters. The van der Waals surface area contributed by atoms with E-state index in [1.54, 1.807) is 6.08 Å². The van der Waals surface area contributed by atoms with Crippen molar-refractivity contribution >= 4 is 17.7 Å². The molecule has 0 saturated heterocycles. The van der Waals surface area contributed by atoms with Crippen LogP contribution in [0.25, 0.3) is 0 Å². The van der Waals surface area contributed by atoms with Gasteiger partial charge in [0, 0.05) is 6.54 Å². The molecule has 1 fully saturated rings. The normalized spacial score (nSPS) is 16.5. The van der Waals surface area contributed by atoms with Crippen LogP contribution in [0.5, 0.6) is 0 Å². The van der Waals surface area contributed by atoms with Crippen LogP contribution in [0, 0.1) is 0 Å². The fraction of sp³-hybridized carbons (Fsp3) is 0.600. The maximum Gasteiger partial charge on any atom is 0.233 e. The fourth-order valence-electron chi connectivity index (χ4n) is 1.34. The van der Waals surface area contributed by atoms with Gasteiger partial charge in [0.25, 0.3) is 0 Å². The van der Waals surface area contributed by atoms with E-state index in [1.165, 1.54) is 11.8 Å². The summed E-state index contributed by atoms with van der Waals surface area (Å²) in [6, 6.07) is 0.427. The molecule has 0 radical (unpaired) electrons. The molecule has 1 aromatic rings. The Hall–Kier alpha value is -1.37. The van der Waals surface area contributed by atoms with Gasteiger partial charge in [-0.25, -0.2) is 4.68 Å². The van der Waals surface area contributed by atoms with Gasteiger partial charge in [0.2, 0.25) is 11.1 Å². The summed E-state index contributed by atoms with van der Waals surface area (Å²) in [5.74, 6) is -0.0275. The standard InChI is InChI=1S/C10H15N5OS/c1-3-6-11-9(16)7(2)17-10-12-13-14-15(10)8-4-5-8/h3,7-8H,1,4-6H2,2H3,(H,11,16)/t7-/m1/s1. The number of rotatable bonds is 6. The van der Waals surface area contributed by atoms with Crippen molar-refractivity contribution in [3.8, 4) is 0 Å². The lowest BCUT2D eigenvalue weighted by Crippen LogP contribution is -2.31. The number of tetrazole rings is 1. The molecule has 0 aromatic carbocycles. The highest BCUT2D eigenvalue weighted by Crippen LogP contribution is 2.37. The van der Waals surface area contributed by atoms with E-state index in [9.17, 15) is 4.79 Å². The van der Waals surface area contributed by atoms with Crippen LogP contribution in [0.4, 0.5) is 0 Å². The van der Waals surface area contributed by atoms with E-state index < -0.39 is 0 Å². The minimum Gasteiger partial charge on any atom is -0.352 e. The summed E-state index contributed by atoms with van der Waals surface area (Å²) in [5, 5.41) is 14.8. The molecule has 1 amide bonds. The van der Waals surface area contributed by atoms with Gasteiger partial charge in [-0.3, -0.25) is 4.79 Å². The maximum absolute atomic E-state index is 11.7. The Morgan fingerprint density at radius 1 is 1.76 bits per heavy atom. The average molecular weight is 253 g/mol. The van der Waals surface area contributed by atoms with Crippen LogP contribution >= 0.6 is 11.8 Å². The zero-order valence-electron chi connectivity index (χ0n) is 9.67. The molecular weight excluding hydrogens is 238 g/mol. The number of thioether (sulfide) groups is 1. The first kappa shape index (κ1) is 12.1. The predicted octanol–water partition coefficient (Wildman–Crippen LogP) is 0.791. The molecule has 1 saturated carbocycles. The van der Waals surface area contributed by atoms with Crippen LogP contribution in [-0.2, 0) is 4.79 Å². The third-order valence-corrected chi connectivity index (χ3v) is 3.47. The van der Waals surface area contributed by atoms with Crippen LogP contribution in [0.3, 0.4) is 0 Å². The number of hydrogen-bond donors (Lipinski definition) is 1. The molecule has 1 aromatic heterocycles. The molecule has 17 heavy (non-hydrogen) atoms. The Balaban J connectivity index is 1.92. The zero-order chi connectivity index (χ0) is 12.3. The molecule has 1 aliphatic carbocycles. The third kappa shape index (κ3) is 3.06. The first-order valence-corrected chi connectivity index (χ1v) is 6.43. The maximum atomic E-state index is 11.7. The second-order valence-corrected chi connectivity index (χ2v) is 5.24. The molecular formula is C10H15N5OS. The number of carbonyl (C=O) groups excluding carboxylic acids is 1. The Labute approximate surface area is 104 Å². The molecule has 6 nitrogen and oxygen atoms in total. The average Bonchev–Trinajstić information content (AvgIpc) is 3.07. The lowest BCUT2D eigenvalue weighted by atomic mass is 10.4. The summed E-state index contributed by atoms with van der Waals surface area (Å²) in [6.45, 7) is 5.88. The molecule has 0 bridgehead atoms. The van der Waals surface area contributed by atoms with E-state index in [1.807, 2.05) is 11.6 Å². The van der Waals surface area contributed by atoms with Crippen LogP contribution in [-0.4, -0.2) is 37.9 Å². The number of carbonyl (C=O) groups is 1. The van der Waals surface area contributed by atoms with Crippen molar-refractivity contribution in [3.63, 3.8) is 0 Å². The molecule has 0 unspecified atom stereocenters. The van der Waals surface area contributed by atoms with Crippen LogP contribution in [0.1, 0.15) is 25.8 Å². The summed E-state index contributed by atoms with van der Waals surface area (Å²) in [5.41, 5.74) is 0. The molecule has 1 aliphatic rings. The number of aromatic nitrogens is 4. The van der Waals surface area contributed by atoms with Crippen molar-refractivity contribution in [1.82, 2.24) is 25.5 Å². The van der Waals surface area contributed by atoms with E-state index >= 15 is 0 Å². The van der Waals surface area contributed by atoms with Crippen LogP contribution < -0.4 is 5.32 Å². The quantitative estimate of drug-likeness (QED) is 0.599. The predicted molar refractivity (Wildman–Crippen MR) is 64.6 cm³/mol. The summed E-state index contributed by atoms with van der Waals surface area (Å²) in [4.78, 5) is 11.7. The van der Waals surface area contributed by atoms with Gasteiger partial charge in [0.05, 0.1) is 11.3 Å². The van der Waals surface area contributed by atoms with Gasteiger partial charge in [-0.2, -0.15) is 0 Å². The van der Waals surface area contributed by atoms with Crippen molar-refractivity contribution in [2.24, 2.45) is 0 Å². The van der Waals surface area contributed by atoms with Gasteiger partial charge in [-0.05, 0) is 30.2 Å². The number of nitrogens with one attached hydrogen (secondary N) is 1. The van der Waals surface area contributed by atoms with Gasteiger partial charge < -0.3 is 5.32 Å². The SMILES string of the molecule is C=CCNC(=O)[C@@H](C)Sc1nnnn1C1CC1. The minimum absolute atomic E-state index is 0.0275. The molecule has 1 N–H and O–H groups in total. The van der Waals surface area contributed by atoms with E-state index in [2.05, 4.69) is 27.4 Å². The van der Waals surface area contributed by atoms with Gasteiger partial charge >= 0.3 is 0 Å². The highest BCUT2D eigenvalue weighted by atomic mass is 32.2. The van der Waals surface area contributed by atoms with E-state index in [0.29, 0.717) is 17.7 Å². The van der Waals surface area contributed by atoms with Crippen molar-refractivity contribution < 1.29 is 4.79 Å². The van der Waals surface area contributed by atoms with Crippen molar-refractivity contribution in [1.29, 1.82) is 0 Å². The summed E-state index contributed by atoms with van der Waals surface area (Å²) >= 11 is 1.38. The number of amides is 1. The Morgan fingerprint density at radius 3 is 3.18 bits per heavy atom. The number of hydrogen-bond acceptors (Lipinski definition) is 5. The minimum atomic E-state index is -0.210. The zero-order valence-corrected chi connectivity index (χ0v) is 10.5. The second-order valence-electron chi connectivity index (χ2n) is 3.93. The summed E-state index contributed by atoms with van der Waals surface area (Å²) < 4.78 is 1.81. The summed E-state index contributed by atoms with van der Waals surface area (Å²) in [6.07, 6.45) is 3.90. The Kier molecular flexibility index (Phi) is 3.78. The third-order valence-electron chi connectivity index (χ3n) is 2.43. The first-order valence-electron chi connectivity index (χ1n) is 5.55. The van der Waals surface area contributed by atoms with E-state index in [4.69, 9.17) is 0 Å². The second kappa shape index (κ2) is 5.31. The van der Waals surface area contributed by atoms with Crippen molar-refractivity contribution in [3.05, 3.63) is 12.7 Å². The monoisotopic (exact) mass is 253 g/mol. The van der Waals surface area contributed by atoms with Gasteiger partial charge in [0.15, 0.2) is 0 Å². The first-order chi connectivity index (χ1) is 8.22. The van der Waals surface area contributed by atoms with E-state index in [0.717, 1.165) is 12.8 Å². The van der Waals surface area contributed by atoms with Crippen molar-refractivity contribution in [2.75, 3.05) is 6.54 Å². The summed E-state index contributed by atoms with van der Waals surface area (Å²) in [7, 11) is 0. The van der Waals surface area contributed by atoms with Gasteiger partial charge in [0.1, 0.15) is 0 Å². The molecule has 92 valence electrons. The van der Waals surface area contributed by atoms with Gasteiger partial charge in [-0.15, -0.1) is 11.7 Å². The molecule has 7 heteroatoms. The van der Waals surface area contributed by atoms with Crippen LogP contribution in [0.15, 0.2) is 17.8 Å². The highest BCUT2D eigenvalue weighted by Gasteiger charge is 2.29. The highest BCUT2D eigenvalue weighted by molar-refractivity contribution is 8.00. The molecule has 0 aliphatic heterocycles. The number of nitrogens with zero attached hydrogens (tertiary/aromatic N) is 4. The van der Waals surface area contributed by atoms with Crippen molar-refractivity contribution in [2.45, 2.75) is 36.2 Å².